The lowest BCUT2D eigenvalue weighted by Crippen LogP contribution is -2.34. The van der Waals surface area contributed by atoms with Crippen molar-refractivity contribution in [3.8, 4) is 6.07 Å². The number of aromatic nitrogens is 2. The molecule has 0 aromatic carbocycles. The van der Waals surface area contributed by atoms with Crippen molar-refractivity contribution in [2.24, 2.45) is 11.1 Å². The molecule has 6 nitrogen and oxygen atoms in total. The van der Waals surface area contributed by atoms with E-state index in [-0.39, 0.29) is 17.1 Å². The molecular formula is C21H26N4O2. The SMILES string of the molecule is Cc1cc(C2C(C#N)=C(N)OC3=C2C(=O)CC(C)(C)C3)n(C2CCCC2)n1. The van der Waals surface area contributed by atoms with Gasteiger partial charge in [0, 0.05) is 18.4 Å². The number of Topliss-reactive ketones (excluding diaryl/α,β-unsaturated/α-hetero) is 1. The van der Waals surface area contributed by atoms with Gasteiger partial charge in [0.25, 0.3) is 0 Å². The molecule has 0 bridgehead atoms. The van der Waals surface area contributed by atoms with Gasteiger partial charge in [-0.1, -0.05) is 26.7 Å². The van der Waals surface area contributed by atoms with E-state index in [0.717, 1.165) is 24.2 Å². The Morgan fingerprint density at radius 1 is 1.33 bits per heavy atom. The zero-order valence-corrected chi connectivity index (χ0v) is 16.2. The van der Waals surface area contributed by atoms with Gasteiger partial charge in [0.2, 0.25) is 5.88 Å². The van der Waals surface area contributed by atoms with Crippen LogP contribution in [0.15, 0.2) is 28.9 Å². The molecule has 1 fully saturated rings. The highest BCUT2D eigenvalue weighted by atomic mass is 16.5. The second kappa shape index (κ2) is 6.26. The van der Waals surface area contributed by atoms with Crippen LogP contribution in [0.1, 0.15) is 75.7 Å². The number of aryl methyl sites for hydroxylation is 1. The molecular weight excluding hydrogens is 340 g/mol. The first-order valence-corrected chi connectivity index (χ1v) is 9.70. The van der Waals surface area contributed by atoms with E-state index in [4.69, 9.17) is 15.6 Å². The molecule has 2 aliphatic carbocycles. The van der Waals surface area contributed by atoms with Crippen LogP contribution in [0.5, 0.6) is 0 Å². The average Bonchev–Trinajstić information content (AvgIpc) is 3.21. The van der Waals surface area contributed by atoms with E-state index in [1.165, 1.54) is 12.8 Å². The highest BCUT2D eigenvalue weighted by Gasteiger charge is 2.44. The van der Waals surface area contributed by atoms with Gasteiger partial charge < -0.3 is 10.5 Å². The Kier molecular flexibility index (Phi) is 4.14. The van der Waals surface area contributed by atoms with Gasteiger partial charge in [-0.2, -0.15) is 10.4 Å². The summed E-state index contributed by atoms with van der Waals surface area (Å²) in [5.41, 5.74) is 8.66. The third-order valence-electron chi connectivity index (χ3n) is 5.93. The first-order valence-electron chi connectivity index (χ1n) is 9.70. The van der Waals surface area contributed by atoms with Crippen molar-refractivity contribution in [1.82, 2.24) is 9.78 Å². The molecule has 6 heteroatoms. The molecule has 1 aromatic rings. The number of carbonyl (C=O) groups excluding carboxylic acids is 1. The second-order valence-corrected chi connectivity index (χ2v) is 8.80. The highest BCUT2D eigenvalue weighted by Crippen LogP contribution is 2.48. The summed E-state index contributed by atoms with van der Waals surface area (Å²) >= 11 is 0. The molecule has 0 radical (unpaired) electrons. The Morgan fingerprint density at radius 3 is 2.70 bits per heavy atom. The van der Waals surface area contributed by atoms with Crippen molar-refractivity contribution in [3.63, 3.8) is 0 Å². The number of rotatable bonds is 2. The van der Waals surface area contributed by atoms with Crippen LogP contribution >= 0.6 is 0 Å². The Labute approximate surface area is 159 Å². The van der Waals surface area contributed by atoms with E-state index in [1.54, 1.807) is 0 Å². The van der Waals surface area contributed by atoms with E-state index in [1.807, 2.05) is 17.7 Å². The minimum absolute atomic E-state index is 0.0447. The summed E-state index contributed by atoms with van der Waals surface area (Å²) in [6.45, 7) is 6.06. The van der Waals surface area contributed by atoms with Crippen LogP contribution in [0.4, 0.5) is 0 Å². The van der Waals surface area contributed by atoms with Crippen molar-refractivity contribution >= 4 is 5.78 Å². The van der Waals surface area contributed by atoms with E-state index < -0.39 is 5.92 Å². The van der Waals surface area contributed by atoms with Gasteiger partial charge in [-0.3, -0.25) is 9.48 Å². The van der Waals surface area contributed by atoms with Gasteiger partial charge in [-0.15, -0.1) is 0 Å². The summed E-state index contributed by atoms with van der Waals surface area (Å²) in [7, 11) is 0. The predicted octanol–water partition coefficient (Wildman–Crippen LogP) is 3.76. The molecule has 1 aliphatic heterocycles. The van der Waals surface area contributed by atoms with Crippen LogP contribution in [0.25, 0.3) is 0 Å². The number of nitrogens with zero attached hydrogens (tertiary/aromatic N) is 3. The number of nitriles is 1. The average molecular weight is 366 g/mol. The monoisotopic (exact) mass is 366 g/mol. The molecule has 1 unspecified atom stereocenters. The molecule has 1 saturated carbocycles. The number of ether oxygens (including phenoxy) is 1. The van der Waals surface area contributed by atoms with Crippen molar-refractivity contribution in [2.75, 3.05) is 0 Å². The van der Waals surface area contributed by atoms with Crippen molar-refractivity contribution < 1.29 is 9.53 Å². The fraction of sp³-hybridized carbons (Fsp3) is 0.571. The summed E-state index contributed by atoms with van der Waals surface area (Å²) in [4.78, 5) is 13.1. The Balaban J connectivity index is 1.89. The molecule has 27 heavy (non-hydrogen) atoms. The summed E-state index contributed by atoms with van der Waals surface area (Å²) in [5, 5.41) is 14.5. The van der Waals surface area contributed by atoms with Crippen LogP contribution in [0.2, 0.25) is 0 Å². The number of nitrogens with two attached hydrogens (primary N) is 1. The number of carbonyl (C=O) groups is 1. The maximum Gasteiger partial charge on any atom is 0.205 e. The highest BCUT2D eigenvalue weighted by molar-refractivity contribution is 5.99. The molecule has 1 aromatic heterocycles. The first kappa shape index (κ1) is 17.8. The molecule has 4 rings (SSSR count). The standard InChI is InChI=1S/C21H26N4O2/c1-12-8-15(25(24-12)13-6-4-5-7-13)18-14(11-22)20(23)27-17-10-21(2,3)9-16(26)19(17)18/h8,13,18H,4-7,9-10,23H2,1-3H3. The van der Waals surface area contributed by atoms with Crippen molar-refractivity contribution in [3.05, 3.63) is 40.2 Å². The molecule has 2 N–H and O–H groups in total. The number of hydrogen-bond acceptors (Lipinski definition) is 5. The maximum atomic E-state index is 13.1. The van der Waals surface area contributed by atoms with Crippen LogP contribution in [-0.2, 0) is 9.53 Å². The Hall–Kier alpha value is -2.55. The van der Waals surface area contributed by atoms with Crippen LogP contribution in [0.3, 0.4) is 0 Å². The topological polar surface area (TPSA) is 93.9 Å². The lowest BCUT2D eigenvalue weighted by molar-refractivity contribution is -0.119. The zero-order valence-electron chi connectivity index (χ0n) is 16.2. The van der Waals surface area contributed by atoms with E-state index in [2.05, 4.69) is 19.9 Å². The minimum atomic E-state index is -0.482. The molecule has 0 saturated heterocycles. The summed E-state index contributed by atoms with van der Waals surface area (Å²) in [6.07, 6.45) is 5.60. The molecule has 2 heterocycles. The van der Waals surface area contributed by atoms with E-state index in [9.17, 15) is 10.1 Å². The van der Waals surface area contributed by atoms with Crippen LogP contribution < -0.4 is 5.73 Å². The fourth-order valence-electron chi connectivity index (χ4n) is 4.77. The lowest BCUT2D eigenvalue weighted by Gasteiger charge is -2.37. The molecule has 1 atom stereocenters. The smallest absolute Gasteiger partial charge is 0.205 e. The fourth-order valence-corrected chi connectivity index (χ4v) is 4.77. The molecule has 0 amide bonds. The molecule has 3 aliphatic rings. The summed E-state index contributed by atoms with van der Waals surface area (Å²) in [6, 6.07) is 4.52. The van der Waals surface area contributed by atoms with Crippen LogP contribution in [-0.4, -0.2) is 15.6 Å². The predicted molar refractivity (Wildman–Crippen MR) is 100 cm³/mol. The third kappa shape index (κ3) is 2.95. The van der Waals surface area contributed by atoms with E-state index >= 15 is 0 Å². The van der Waals surface area contributed by atoms with Gasteiger partial charge in [0.1, 0.15) is 17.4 Å². The first-order chi connectivity index (χ1) is 12.8. The Morgan fingerprint density at radius 2 is 2.04 bits per heavy atom. The second-order valence-electron chi connectivity index (χ2n) is 8.80. The largest absolute Gasteiger partial charge is 0.444 e. The molecule has 142 valence electrons. The Bertz CT molecular complexity index is 907. The van der Waals surface area contributed by atoms with Gasteiger partial charge in [0.15, 0.2) is 5.78 Å². The van der Waals surface area contributed by atoms with Crippen molar-refractivity contribution in [2.45, 2.75) is 71.3 Å². The minimum Gasteiger partial charge on any atom is -0.444 e. The number of allylic oxidation sites excluding steroid dienone is 3. The quantitative estimate of drug-likeness (QED) is 0.860. The van der Waals surface area contributed by atoms with Gasteiger partial charge in [-0.25, -0.2) is 0 Å². The maximum absolute atomic E-state index is 13.1. The third-order valence-corrected chi connectivity index (χ3v) is 5.93. The lowest BCUT2D eigenvalue weighted by atomic mass is 9.71. The zero-order chi connectivity index (χ0) is 19.3. The van der Waals surface area contributed by atoms with Gasteiger partial charge >= 0.3 is 0 Å². The normalized spacial score (nSPS) is 25.4. The van der Waals surface area contributed by atoms with Crippen molar-refractivity contribution in [1.29, 1.82) is 5.26 Å². The van der Waals surface area contributed by atoms with Crippen LogP contribution in [0, 0.1) is 23.7 Å². The molecule has 0 spiro atoms. The van der Waals surface area contributed by atoms with E-state index in [0.29, 0.717) is 35.8 Å². The number of hydrogen-bond donors (Lipinski definition) is 1. The summed E-state index contributed by atoms with van der Waals surface area (Å²) in [5.74, 6) is 0.297. The summed E-state index contributed by atoms with van der Waals surface area (Å²) < 4.78 is 7.83. The number of ketones is 1. The van der Waals surface area contributed by atoms with Gasteiger partial charge in [-0.05, 0) is 31.2 Å². The van der Waals surface area contributed by atoms with Gasteiger partial charge in [0.05, 0.1) is 23.3 Å².